The van der Waals surface area contributed by atoms with Crippen LogP contribution in [0.3, 0.4) is 0 Å². The molecule has 1 rings (SSSR count). The van der Waals surface area contributed by atoms with Gasteiger partial charge in [0, 0.05) is 18.1 Å². The minimum absolute atomic E-state index is 0.699. The van der Waals surface area contributed by atoms with E-state index in [0.29, 0.717) is 6.04 Å². The molecule has 0 bridgehead atoms. The first kappa shape index (κ1) is 14.0. The van der Waals surface area contributed by atoms with E-state index in [0.717, 1.165) is 12.1 Å². The number of piperidine rings is 1. The maximum absolute atomic E-state index is 3.80. The van der Waals surface area contributed by atoms with Crippen molar-refractivity contribution in [3.8, 4) is 0 Å². The highest BCUT2D eigenvalue weighted by Gasteiger charge is 2.24. The van der Waals surface area contributed by atoms with E-state index < -0.39 is 0 Å². The third-order valence-electron chi connectivity index (χ3n) is 3.93. The lowest BCUT2D eigenvalue weighted by Gasteiger charge is -2.38. The molecule has 0 radical (unpaired) electrons. The Bertz CT molecular complexity index is 182. The van der Waals surface area contributed by atoms with Crippen LogP contribution in [0.15, 0.2) is 0 Å². The molecule has 0 amide bonds. The number of hydrogen-bond acceptors (Lipinski definition) is 2. The molecule has 3 atom stereocenters. The molecule has 1 fully saturated rings. The van der Waals surface area contributed by atoms with Gasteiger partial charge in [0.1, 0.15) is 0 Å². The highest BCUT2D eigenvalue weighted by Crippen LogP contribution is 2.17. The van der Waals surface area contributed by atoms with Crippen LogP contribution in [-0.2, 0) is 0 Å². The molecule has 1 heterocycles. The van der Waals surface area contributed by atoms with Crippen molar-refractivity contribution in [2.45, 2.75) is 77.9 Å². The Labute approximate surface area is 102 Å². The average Bonchev–Trinajstić information content (AvgIpc) is 2.26. The van der Waals surface area contributed by atoms with E-state index in [1.165, 1.54) is 45.2 Å². The SMILES string of the molecule is CCCCC(C)NC1CCN(CC)C(C)C1. The van der Waals surface area contributed by atoms with Crippen molar-refractivity contribution in [3.05, 3.63) is 0 Å². The largest absolute Gasteiger partial charge is 0.311 e. The maximum atomic E-state index is 3.80. The summed E-state index contributed by atoms with van der Waals surface area (Å²) in [4.78, 5) is 2.59. The number of hydrogen-bond donors (Lipinski definition) is 1. The molecule has 0 aromatic rings. The summed E-state index contributed by atoms with van der Waals surface area (Å²) in [5, 5.41) is 3.80. The van der Waals surface area contributed by atoms with Crippen molar-refractivity contribution in [3.63, 3.8) is 0 Å². The molecule has 96 valence electrons. The van der Waals surface area contributed by atoms with Gasteiger partial charge in [-0.2, -0.15) is 0 Å². The summed E-state index contributed by atoms with van der Waals surface area (Å²) in [7, 11) is 0. The fourth-order valence-electron chi connectivity index (χ4n) is 2.84. The summed E-state index contributed by atoms with van der Waals surface area (Å²) < 4.78 is 0. The van der Waals surface area contributed by atoms with Crippen LogP contribution in [0.4, 0.5) is 0 Å². The molecule has 1 aliphatic rings. The van der Waals surface area contributed by atoms with Gasteiger partial charge in [0.2, 0.25) is 0 Å². The van der Waals surface area contributed by atoms with Gasteiger partial charge in [-0.3, -0.25) is 0 Å². The molecule has 0 aromatic heterocycles. The Hall–Kier alpha value is -0.0800. The lowest BCUT2D eigenvalue weighted by Crippen LogP contribution is -2.49. The van der Waals surface area contributed by atoms with Gasteiger partial charge in [0.05, 0.1) is 0 Å². The van der Waals surface area contributed by atoms with Crippen LogP contribution in [0, 0.1) is 0 Å². The molecule has 0 aliphatic carbocycles. The summed E-state index contributed by atoms with van der Waals surface area (Å²) in [5.41, 5.74) is 0. The average molecular weight is 226 g/mol. The van der Waals surface area contributed by atoms with Crippen LogP contribution in [0.5, 0.6) is 0 Å². The molecular formula is C14H30N2. The van der Waals surface area contributed by atoms with Crippen molar-refractivity contribution in [1.29, 1.82) is 0 Å². The van der Waals surface area contributed by atoms with Crippen LogP contribution in [0.1, 0.15) is 59.8 Å². The van der Waals surface area contributed by atoms with E-state index >= 15 is 0 Å². The minimum atomic E-state index is 0.699. The van der Waals surface area contributed by atoms with Crippen molar-refractivity contribution >= 4 is 0 Å². The second-order valence-corrected chi connectivity index (χ2v) is 5.41. The normalized spacial score (nSPS) is 29.2. The molecule has 2 nitrogen and oxygen atoms in total. The van der Waals surface area contributed by atoms with Crippen molar-refractivity contribution in [2.75, 3.05) is 13.1 Å². The molecule has 1 saturated heterocycles. The summed E-state index contributed by atoms with van der Waals surface area (Å²) in [6.07, 6.45) is 6.66. The van der Waals surface area contributed by atoms with Gasteiger partial charge in [0.15, 0.2) is 0 Å². The first-order chi connectivity index (χ1) is 7.67. The Morgan fingerprint density at radius 1 is 1.38 bits per heavy atom. The smallest absolute Gasteiger partial charge is 0.00964 e. The third-order valence-corrected chi connectivity index (χ3v) is 3.93. The van der Waals surface area contributed by atoms with E-state index in [2.05, 4.69) is 37.9 Å². The summed E-state index contributed by atoms with van der Waals surface area (Å²) in [6, 6.07) is 2.21. The lowest BCUT2D eigenvalue weighted by molar-refractivity contribution is 0.138. The number of rotatable bonds is 6. The lowest BCUT2D eigenvalue weighted by atomic mass is 9.97. The zero-order valence-electron chi connectivity index (χ0n) is 11.6. The van der Waals surface area contributed by atoms with Crippen LogP contribution in [0.25, 0.3) is 0 Å². The Morgan fingerprint density at radius 2 is 2.12 bits per heavy atom. The van der Waals surface area contributed by atoms with Crippen LogP contribution in [0.2, 0.25) is 0 Å². The molecule has 3 unspecified atom stereocenters. The second-order valence-electron chi connectivity index (χ2n) is 5.41. The Kier molecular flexibility index (Phi) is 6.37. The summed E-state index contributed by atoms with van der Waals surface area (Å²) in [5.74, 6) is 0. The highest BCUT2D eigenvalue weighted by atomic mass is 15.2. The van der Waals surface area contributed by atoms with Crippen LogP contribution >= 0.6 is 0 Å². The van der Waals surface area contributed by atoms with E-state index in [-0.39, 0.29) is 0 Å². The predicted molar refractivity (Wildman–Crippen MR) is 71.9 cm³/mol. The quantitative estimate of drug-likeness (QED) is 0.749. The topological polar surface area (TPSA) is 15.3 Å². The highest BCUT2D eigenvalue weighted by molar-refractivity contribution is 4.83. The number of unbranched alkanes of at least 4 members (excludes halogenated alkanes) is 1. The van der Waals surface area contributed by atoms with Crippen LogP contribution < -0.4 is 5.32 Å². The van der Waals surface area contributed by atoms with Gasteiger partial charge < -0.3 is 10.2 Å². The summed E-state index contributed by atoms with van der Waals surface area (Å²) in [6.45, 7) is 11.7. The van der Waals surface area contributed by atoms with E-state index in [1.807, 2.05) is 0 Å². The summed E-state index contributed by atoms with van der Waals surface area (Å²) >= 11 is 0. The van der Waals surface area contributed by atoms with Gasteiger partial charge in [-0.1, -0.05) is 26.7 Å². The van der Waals surface area contributed by atoms with Gasteiger partial charge in [-0.25, -0.2) is 0 Å². The van der Waals surface area contributed by atoms with Gasteiger partial charge in [-0.05, 0) is 46.2 Å². The van der Waals surface area contributed by atoms with E-state index in [1.54, 1.807) is 0 Å². The van der Waals surface area contributed by atoms with E-state index in [9.17, 15) is 0 Å². The predicted octanol–water partition coefficient (Wildman–Crippen LogP) is 3.03. The molecule has 0 aromatic carbocycles. The van der Waals surface area contributed by atoms with Crippen LogP contribution in [-0.4, -0.2) is 36.1 Å². The first-order valence-corrected chi connectivity index (χ1v) is 7.17. The van der Waals surface area contributed by atoms with Gasteiger partial charge >= 0.3 is 0 Å². The van der Waals surface area contributed by atoms with Crippen molar-refractivity contribution in [1.82, 2.24) is 10.2 Å². The second kappa shape index (κ2) is 7.29. The minimum Gasteiger partial charge on any atom is -0.311 e. The number of nitrogens with one attached hydrogen (secondary N) is 1. The molecule has 0 spiro atoms. The molecule has 16 heavy (non-hydrogen) atoms. The zero-order chi connectivity index (χ0) is 12.0. The fourth-order valence-corrected chi connectivity index (χ4v) is 2.84. The zero-order valence-corrected chi connectivity index (χ0v) is 11.6. The molecule has 1 N–H and O–H groups in total. The standard InChI is InChI=1S/C14H30N2/c1-5-7-8-12(3)15-14-9-10-16(6-2)13(4)11-14/h12-15H,5-11H2,1-4H3. The fraction of sp³-hybridized carbons (Fsp3) is 1.00. The Morgan fingerprint density at radius 3 is 2.69 bits per heavy atom. The van der Waals surface area contributed by atoms with Gasteiger partial charge in [-0.15, -0.1) is 0 Å². The molecule has 1 aliphatic heterocycles. The molecule has 0 saturated carbocycles. The Balaban J connectivity index is 2.24. The maximum Gasteiger partial charge on any atom is 0.00964 e. The van der Waals surface area contributed by atoms with Crippen molar-refractivity contribution < 1.29 is 0 Å². The first-order valence-electron chi connectivity index (χ1n) is 7.17. The third kappa shape index (κ3) is 4.42. The monoisotopic (exact) mass is 226 g/mol. The molecule has 2 heteroatoms. The van der Waals surface area contributed by atoms with Gasteiger partial charge in [0.25, 0.3) is 0 Å². The van der Waals surface area contributed by atoms with E-state index in [4.69, 9.17) is 0 Å². The van der Waals surface area contributed by atoms with Crippen molar-refractivity contribution in [2.24, 2.45) is 0 Å². The molecular weight excluding hydrogens is 196 g/mol. The number of nitrogens with zero attached hydrogens (tertiary/aromatic N) is 1. The number of likely N-dealkylation sites (tertiary alicyclic amines) is 1.